The van der Waals surface area contributed by atoms with E-state index in [1.165, 1.54) is 0 Å². The molecule has 2 N–H and O–H groups in total. The van der Waals surface area contributed by atoms with Gasteiger partial charge in [0, 0.05) is 18.4 Å². The van der Waals surface area contributed by atoms with Crippen molar-refractivity contribution in [2.24, 2.45) is 5.73 Å². The molecule has 0 spiro atoms. The second-order valence-electron chi connectivity index (χ2n) is 2.43. The van der Waals surface area contributed by atoms with Gasteiger partial charge in [-0.15, -0.1) is 0 Å². The van der Waals surface area contributed by atoms with Gasteiger partial charge in [0.05, 0.1) is 0 Å². The first-order valence-electron chi connectivity index (χ1n) is 3.56. The van der Waals surface area contributed by atoms with E-state index < -0.39 is 0 Å². The van der Waals surface area contributed by atoms with Gasteiger partial charge in [-0.3, -0.25) is 4.98 Å². The summed E-state index contributed by atoms with van der Waals surface area (Å²) >= 11 is 0. The lowest BCUT2D eigenvalue weighted by molar-refractivity contribution is 1.03. The van der Waals surface area contributed by atoms with Crippen LogP contribution < -0.4 is 5.73 Å². The van der Waals surface area contributed by atoms with Crippen molar-refractivity contribution in [1.82, 2.24) is 4.98 Å². The summed E-state index contributed by atoms with van der Waals surface area (Å²) in [5, 5.41) is 0. The van der Waals surface area contributed by atoms with Gasteiger partial charge in [0.2, 0.25) is 0 Å². The Labute approximate surface area is 66.8 Å². The number of nitrogens with zero attached hydrogens (tertiary/aromatic N) is 1. The lowest BCUT2D eigenvalue weighted by Gasteiger charge is -2.01. The number of pyridine rings is 1. The molecular weight excluding hydrogens is 136 g/mol. The van der Waals surface area contributed by atoms with E-state index >= 15 is 0 Å². The first kappa shape index (κ1) is 7.95. The lowest BCUT2D eigenvalue weighted by Crippen LogP contribution is -1.98. The highest BCUT2D eigenvalue weighted by atomic mass is 14.7. The molecule has 0 fully saturated rings. The van der Waals surface area contributed by atoms with Gasteiger partial charge < -0.3 is 5.73 Å². The Morgan fingerprint density at radius 2 is 2.45 bits per heavy atom. The standard InChI is InChI=1S/C9H12N2/c1-3-9-4-8(5-10)6-11-7(9)2/h3-4,6H,1,5,10H2,2H3. The van der Waals surface area contributed by atoms with Crippen LogP contribution >= 0.6 is 0 Å². The van der Waals surface area contributed by atoms with E-state index in [1.807, 2.05) is 13.0 Å². The molecule has 1 heterocycles. The summed E-state index contributed by atoms with van der Waals surface area (Å²) in [6.07, 6.45) is 3.59. The quantitative estimate of drug-likeness (QED) is 0.690. The fraction of sp³-hybridized carbons (Fsp3) is 0.222. The summed E-state index contributed by atoms with van der Waals surface area (Å²) in [5.74, 6) is 0. The Hall–Kier alpha value is -1.15. The zero-order valence-electron chi connectivity index (χ0n) is 6.67. The summed E-state index contributed by atoms with van der Waals surface area (Å²) in [5.41, 5.74) is 8.56. The molecule has 1 aromatic rings. The molecule has 0 bridgehead atoms. The van der Waals surface area contributed by atoms with E-state index in [2.05, 4.69) is 11.6 Å². The molecule has 0 aliphatic rings. The van der Waals surface area contributed by atoms with Gasteiger partial charge >= 0.3 is 0 Å². The molecule has 1 rings (SSSR count). The van der Waals surface area contributed by atoms with Crippen molar-refractivity contribution >= 4 is 6.08 Å². The van der Waals surface area contributed by atoms with Gasteiger partial charge in [0.15, 0.2) is 0 Å². The molecule has 58 valence electrons. The zero-order chi connectivity index (χ0) is 8.27. The molecule has 0 saturated heterocycles. The van der Waals surface area contributed by atoms with Gasteiger partial charge in [-0.2, -0.15) is 0 Å². The molecule has 1 aromatic heterocycles. The first-order valence-corrected chi connectivity index (χ1v) is 3.56. The van der Waals surface area contributed by atoms with E-state index in [0.717, 1.165) is 16.8 Å². The molecule has 0 radical (unpaired) electrons. The predicted molar refractivity (Wildman–Crippen MR) is 47.0 cm³/mol. The fourth-order valence-electron chi connectivity index (χ4n) is 0.914. The van der Waals surface area contributed by atoms with Gasteiger partial charge in [0.1, 0.15) is 0 Å². The van der Waals surface area contributed by atoms with E-state index in [1.54, 1.807) is 12.3 Å². The van der Waals surface area contributed by atoms with Crippen LogP contribution in [0.3, 0.4) is 0 Å². The molecule has 0 aromatic carbocycles. The van der Waals surface area contributed by atoms with Crippen LogP contribution in [0.5, 0.6) is 0 Å². The summed E-state index contributed by atoms with van der Waals surface area (Å²) in [6, 6.07) is 2.01. The third-order valence-corrected chi connectivity index (χ3v) is 1.64. The fourth-order valence-corrected chi connectivity index (χ4v) is 0.914. The van der Waals surface area contributed by atoms with E-state index in [0.29, 0.717) is 6.54 Å². The van der Waals surface area contributed by atoms with Crippen LogP contribution in [0.15, 0.2) is 18.8 Å². The highest BCUT2D eigenvalue weighted by Gasteiger charge is 1.95. The molecule has 0 aliphatic carbocycles. The van der Waals surface area contributed by atoms with E-state index in [-0.39, 0.29) is 0 Å². The van der Waals surface area contributed by atoms with E-state index in [9.17, 15) is 0 Å². The average molecular weight is 148 g/mol. The van der Waals surface area contributed by atoms with Crippen LogP contribution in [0.25, 0.3) is 6.08 Å². The highest BCUT2D eigenvalue weighted by molar-refractivity contribution is 5.50. The van der Waals surface area contributed by atoms with Crippen molar-refractivity contribution in [3.8, 4) is 0 Å². The minimum atomic E-state index is 0.536. The number of aryl methyl sites for hydroxylation is 1. The van der Waals surface area contributed by atoms with Crippen LogP contribution in [0.4, 0.5) is 0 Å². The predicted octanol–water partition coefficient (Wildman–Crippen LogP) is 1.49. The maximum absolute atomic E-state index is 5.45. The lowest BCUT2D eigenvalue weighted by atomic mass is 10.1. The Balaban J connectivity index is 3.12. The smallest absolute Gasteiger partial charge is 0.0444 e. The highest BCUT2D eigenvalue weighted by Crippen LogP contribution is 2.08. The average Bonchev–Trinajstić information content (AvgIpc) is 2.05. The van der Waals surface area contributed by atoms with Crippen molar-refractivity contribution in [2.75, 3.05) is 0 Å². The van der Waals surface area contributed by atoms with Crippen LogP contribution in [0.1, 0.15) is 16.8 Å². The molecule has 2 nitrogen and oxygen atoms in total. The third kappa shape index (κ3) is 1.65. The molecule has 0 amide bonds. The molecule has 0 aliphatic heterocycles. The SMILES string of the molecule is C=Cc1cc(CN)cnc1C. The maximum Gasteiger partial charge on any atom is 0.0444 e. The van der Waals surface area contributed by atoms with Gasteiger partial charge in [0.25, 0.3) is 0 Å². The zero-order valence-corrected chi connectivity index (χ0v) is 6.67. The number of aromatic nitrogens is 1. The molecule has 11 heavy (non-hydrogen) atoms. The van der Waals surface area contributed by atoms with Crippen LogP contribution in [-0.4, -0.2) is 4.98 Å². The maximum atomic E-state index is 5.45. The molecule has 0 unspecified atom stereocenters. The number of hydrogen-bond acceptors (Lipinski definition) is 2. The minimum Gasteiger partial charge on any atom is -0.326 e. The van der Waals surface area contributed by atoms with Crippen molar-refractivity contribution in [3.63, 3.8) is 0 Å². The minimum absolute atomic E-state index is 0.536. The second-order valence-corrected chi connectivity index (χ2v) is 2.43. The van der Waals surface area contributed by atoms with Crippen molar-refractivity contribution in [2.45, 2.75) is 13.5 Å². The van der Waals surface area contributed by atoms with Gasteiger partial charge in [-0.25, -0.2) is 0 Å². The Morgan fingerprint density at radius 1 is 1.73 bits per heavy atom. The number of hydrogen-bond donors (Lipinski definition) is 1. The summed E-state index contributed by atoms with van der Waals surface area (Å²) in [7, 11) is 0. The summed E-state index contributed by atoms with van der Waals surface area (Å²) in [6.45, 7) is 6.18. The molecular formula is C9H12N2. The largest absolute Gasteiger partial charge is 0.326 e. The van der Waals surface area contributed by atoms with Crippen molar-refractivity contribution in [1.29, 1.82) is 0 Å². The first-order chi connectivity index (χ1) is 5.27. The van der Waals surface area contributed by atoms with E-state index in [4.69, 9.17) is 5.73 Å². The van der Waals surface area contributed by atoms with Crippen LogP contribution in [-0.2, 0) is 6.54 Å². The Kier molecular flexibility index (Phi) is 2.39. The molecule has 0 saturated carbocycles. The summed E-state index contributed by atoms with van der Waals surface area (Å²) < 4.78 is 0. The molecule has 0 atom stereocenters. The normalized spacial score (nSPS) is 9.64. The van der Waals surface area contributed by atoms with Crippen LogP contribution in [0.2, 0.25) is 0 Å². The number of rotatable bonds is 2. The van der Waals surface area contributed by atoms with Crippen LogP contribution in [0, 0.1) is 6.92 Å². The molecule has 2 heteroatoms. The number of nitrogens with two attached hydrogens (primary N) is 1. The Bertz CT molecular complexity index is 266. The van der Waals surface area contributed by atoms with Gasteiger partial charge in [-0.1, -0.05) is 12.7 Å². The van der Waals surface area contributed by atoms with Crippen molar-refractivity contribution in [3.05, 3.63) is 35.7 Å². The summed E-state index contributed by atoms with van der Waals surface area (Å²) in [4.78, 5) is 4.17. The third-order valence-electron chi connectivity index (χ3n) is 1.64. The van der Waals surface area contributed by atoms with Crippen molar-refractivity contribution < 1.29 is 0 Å². The second kappa shape index (κ2) is 3.30. The Morgan fingerprint density at radius 3 is 3.00 bits per heavy atom. The monoisotopic (exact) mass is 148 g/mol. The topological polar surface area (TPSA) is 38.9 Å². The van der Waals surface area contributed by atoms with Gasteiger partial charge in [-0.05, 0) is 24.1 Å².